The van der Waals surface area contributed by atoms with E-state index < -0.39 is 0 Å². The summed E-state index contributed by atoms with van der Waals surface area (Å²) in [5.74, 6) is 0.570. The van der Waals surface area contributed by atoms with Gasteiger partial charge in [0.2, 0.25) is 5.95 Å². The Kier molecular flexibility index (Phi) is 3.06. The van der Waals surface area contributed by atoms with Gasteiger partial charge in [0.25, 0.3) is 0 Å². The highest BCUT2D eigenvalue weighted by Crippen LogP contribution is 2.19. The monoisotopic (exact) mass is 236 g/mol. The lowest BCUT2D eigenvalue weighted by Crippen LogP contribution is -2.23. The van der Waals surface area contributed by atoms with Crippen molar-refractivity contribution in [2.45, 2.75) is 20.4 Å². The molecule has 0 aliphatic carbocycles. The average Bonchev–Trinajstić information content (AvgIpc) is 2.75. The molecule has 0 aliphatic heterocycles. The maximum atomic E-state index is 5.96. The number of nitrogen functional groups attached to an aromatic ring is 1. The lowest BCUT2D eigenvalue weighted by atomic mass is 10.4. The molecule has 0 saturated heterocycles. The summed E-state index contributed by atoms with van der Waals surface area (Å²) < 4.78 is 3.88. The van der Waals surface area contributed by atoms with Crippen LogP contribution in [0, 0.1) is 6.92 Å². The second-order valence-electron chi connectivity index (χ2n) is 4.40. The van der Waals surface area contributed by atoms with Gasteiger partial charge in [0, 0.05) is 20.1 Å². The van der Waals surface area contributed by atoms with E-state index in [0.29, 0.717) is 5.95 Å². The third-order valence-corrected chi connectivity index (χ3v) is 3.16. The van der Waals surface area contributed by atoms with E-state index in [1.54, 1.807) is 0 Å². The number of likely N-dealkylation sites (N-methyl/N-ethyl adjacent to an activating group) is 1. The lowest BCUT2D eigenvalue weighted by molar-refractivity contribution is 0.337. The molecular formula is C11H20N6. The minimum absolute atomic E-state index is 0.570. The number of rotatable bonds is 4. The van der Waals surface area contributed by atoms with E-state index in [4.69, 9.17) is 5.73 Å². The van der Waals surface area contributed by atoms with Gasteiger partial charge < -0.3 is 10.6 Å². The molecule has 0 radical (unpaired) electrons. The van der Waals surface area contributed by atoms with Gasteiger partial charge in [-0.15, -0.1) is 0 Å². The molecule has 0 bridgehead atoms. The van der Waals surface area contributed by atoms with Crippen LogP contribution >= 0.6 is 0 Å². The molecule has 0 saturated carbocycles. The van der Waals surface area contributed by atoms with Crippen molar-refractivity contribution in [3.63, 3.8) is 0 Å². The maximum Gasteiger partial charge on any atom is 0.202 e. The quantitative estimate of drug-likeness (QED) is 0.845. The molecule has 6 heteroatoms. The van der Waals surface area contributed by atoms with Crippen molar-refractivity contribution in [2.75, 3.05) is 25.9 Å². The summed E-state index contributed by atoms with van der Waals surface area (Å²) in [7, 11) is 4.02. The molecule has 17 heavy (non-hydrogen) atoms. The SMILES string of the molecule is CCN(C)CCn1c(N)nc2c(C)nn(C)c21. The molecule has 2 aromatic heterocycles. The number of nitrogens with zero attached hydrogens (tertiary/aromatic N) is 5. The molecule has 0 fully saturated rings. The topological polar surface area (TPSA) is 64.9 Å². The molecule has 0 spiro atoms. The smallest absolute Gasteiger partial charge is 0.202 e. The van der Waals surface area contributed by atoms with Gasteiger partial charge in [0.1, 0.15) is 5.52 Å². The number of imidazole rings is 1. The van der Waals surface area contributed by atoms with Crippen LogP contribution < -0.4 is 5.73 Å². The van der Waals surface area contributed by atoms with Gasteiger partial charge in [-0.3, -0.25) is 9.25 Å². The van der Waals surface area contributed by atoms with Crippen molar-refractivity contribution in [1.29, 1.82) is 0 Å². The number of aryl methyl sites for hydroxylation is 2. The van der Waals surface area contributed by atoms with E-state index in [-0.39, 0.29) is 0 Å². The maximum absolute atomic E-state index is 5.96. The van der Waals surface area contributed by atoms with Crippen LogP contribution in [0.3, 0.4) is 0 Å². The van der Waals surface area contributed by atoms with Gasteiger partial charge in [0.15, 0.2) is 5.65 Å². The first kappa shape index (κ1) is 11.9. The predicted molar refractivity (Wildman–Crippen MR) is 68.8 cm³/mol. The van der Waals surface area contributed by atoms with Gasteiger partial charge >= 0.3 is 0 Å². The standard InChI is InChI=1S/C11H20N6/c1-5-15(3)6-7-17-10-9(13-11(17)12)8(2)14-16(10)4/h5-7H2,1-4H3,(H2,12,13). The number of nitrogens with two attached hydrogens (primary N) is 1. The number of fused-ring (bicyclic) bond motifs is 1. The molecule has 0 atom stereocenters. The fourth-order valence-corrected chi connectivity index (χ4v) is 2.00. The van der Waals surface area contributed by atoms with Crippen molar-refractivity contribution < 1.29 is 0 Å². The zero-order valence-electron chi connectivity index (χ0n) is 10.9. The molecule has 0 aliphatic rings. The Bertz CT molecular complexity index is 524. The summed E-state index contributed by atoms with van der Waals surface area (Å²) in [6.07, 6.45) is 0. The van der Waals surface area contributed by atoms with E-state index in [1.807, 2.05) is 23.2 Å². The normalized spacial score (nSPS) is 11.8. The van der Waals surface area contributed by atoms with Crippen molar-refractivity contribution >= 4 is 17.1 Å². The first-order valence-corrected chi connectivity index (χ1v) is 5.88. The zero-order valence-corrected chi connectivity index (χ0v) is 10.9. The minimum Gasteiger partial charge on any atom is -0.369 e. The molecule has 2 rings (SSSR count). The fourth-order valence-electron chi connectivity index (χ4n) is 2.00. The predicted octanol–water partition coefficient (Wildman–Crippen LogP) is 0.612. The second kappa shape index (κ2) is 4.37. The Morgan fingerprint density at radius 2 is 2.12 bits per heavy atom. The number of hydrogen-bond acceptors (Lipinski definition) is 4. The van der Waals surface area contributed by atoms with Gasteiger partial charge in [-0.25, -0.2) is 4.98 Å². The van der Waals surface area contributed by atoms with E-state index in [9.17, 15) is 0 Å². The Hall–Kier alpha value is -1.56. The number of aromatic nitrogens is 4. The minimum atomic E-state index is 0.570. The molecule has 0 unspecified atom stereocenters. The van der Waals surface area contributed by atoms with Crippen molar-refractivity contribution in [1.82, 2.24) is 24.2 Å². The van der Waals surface area contributed by atoms with E-state index in [0.717, 1.165) is 36.5 Å². The number of anilines is 1. The summed E-state index contributed by atoms with van der Waals surface area (Å²) in [6.45, 7) is 6.92. The van der Waals surface area contributed by atoms with Crippen LogP contribution in [0.25, 0.3) is 11.2 Å². The van der Waals surface area contributed by atoms with Gasteiger partial charge in [-0.2, -0.15) is 5.10 Å². The van der Waals surface area contributed by atoms with Crippen LogP contribution in [-0.2, 0) is 13.6 Å². The summed E-state index contributed by atoms with van der Waals surface area (Å²) >= 11 is 0. The molecule has 2 heterocycles. The van der Waals surface area contributed by atoms with Crippen LogP contribution in [0.4, 0.5) is 5.95 Å². The van der Waals surface area contributed by atoms with Gasteiger partial charge in [0.05, 0.1) is 5.69 Å². The van der Waals surface area contributed by atoms with E-state index in [1.165, 1.54) is 0 Å². The molecule has 2 N–H and O–H groups in total. The van der Waals surface area contributed by atoms with E-state index in [2.05, 4.69) is 29.0 Å². The van der Waals surface area contributed by atoms with Crippen LogP contribution in [0.2, 0.25) is 0 Å². The van der Waals surface area contributed by atoms with Crippen LogP contribution in [0.15, 0.2) is 0 Å². The highest BCUT2D eigenvalue weighted by Gasteiger charge is 2.15. The average molecular weight is 236 g/mol. The Balaban J connectivity index is 2.35. The van der Waals surface area contributed by atoms with Crippen molar-refractivity contribution in [2.24, 2.45) is 7.05 Å². The van der Waals surface area contributed by atoms with Gasteiger partial charge in [-0.1, -0.05) is 6.92 Å². The molecule has 6 nitrogen and oxygen atoms in total. The number of hydrogen-bond donors (Lipinski definition) is 1. The third-order valence-electron chi connectivity index (χ3n) is 3.16. The second-order valence-corrected chi connectivity index (χ2v) is 4.40. The van der Waals surface area contributed by atoms with Crippen molar-refractivity contribution in [3.05, 3.63) is 5.69 Å². The summed E-state index contributed by atoms with van der Waals surface area (Å²) in [5, 5.41) is 4.36. The fraction of sp³-hybridized carbons (Fsp3) is 0.636. The molecule has 2 aromatic rings. The zero-order chi connectivity index (χ0) is 12.6. The van der Waals surface area contributed by atoms with Crippen molar-refractivity contribution in [3.8, 4) is 0 Å². The Morgan fingerprint density at radius 3 is 2.76 bits per heavy atom. The largest absolute Gasteiger partial charge is 0.369 e. The third kappa shape index (κ3) is 2.00. The Labute approximate surface area is 101 Å². The first-order chi connectivity index (χ1) is 8.04. The summed E-state index contributed by atoms with van der Waals surface area (Å²) in [4.78, 5) is 6.62. The van der Waals surface area contributed by atoms with Crippen LogP contribution in [0.1, 0.15) is 12.6 Å². The lowest BCUT2D eigenvalue weighted by Gasteiger charge is -2.15. The molecule has 94 valence electrons. The van der Waals surface area contributed by atoms with E-state index >= 15 is 0 Å². The molecular weight excluding hydrogens is 216 g/mol. The molecule has 0 aromatic carbocycles. The van der Waals surface area contributed by atoms with Gasteiger partial charge in [-0.05, 0) is 20.5 Å². The highest BCUT2D eigenvalue weighted by atomic mass is 15.3. The summed E-state index contributed by atoms with van der Waals surface area (Å²) in [5.41, 5.74) is 8.79. The first-order valence-electron chi connectivity index (χ1n) is 5.88. The highest BCUT2D eigenvalue weighted by molar-refractivity contribution is 5.77. The Morgan fingerprint density at radius 1 is 1.41 bits per heavy atom. The molecule has 0 amide bonds. The van der Waals surface area contributed by atoms with Crippen LogP contribution in [-0.4, -0.2) is 44.4 Å². The summed E-state index contributed by atoms with van der Waals surface area (Å²) in [6, 6.07) is 0. The van der Waals surface area contributed by atoms with Crippen LogP contribution in [0.5, 0.6) is 0 Å².